The Morgan fingerprint density at radius 3 is 3.00 bits per heavy atom. The van der Waals surface area contributed by atoms with Crippen LogP contribution in [0.4, 0.5) is 0 Å². The Morgan fingerprint density at radius 1 is 1.37 bits per heavy atom. The zero-order valence-corrected chi connectivity index (χ0v) is 16.1. The van der Waals surface area contributed by atoms with Gasteiger partial charge < -0.3 is 24.6 Å². The summed E-state index contributed by atoms with van der Waals surface area (Å²) >= 11 is 0. The predicted octanol–water partition coefficient (Wildman–Crippen LogP) is 1.02. The summed E-state index contributed by atoms with van der Waals surface area (Å²) in [6.45, 7) is 5.40. The van der Waals surface area contributed by atoms with Gasteiger partial charge in [-0.25, -0.2) is 0 Å². The first-order valence-electron chi connectivity index (χ1n) is 9.62. The first-order chi connectivity index (χ1) is 13.1. The van der Waals surface area contributed by atoms with Gasteiger partial charge >= 0.3 is 0 Å². The molecule has 148 valence electrons. The van der Waals surface area contributed by atoms with Crippen LogP contribution in [0.1, 0.15) is 25.3 Å². The molecule has 0 aromatic heterocycles. The van der Waals surface area contributed by atoms with Crippen LogP contribution in [0.25, 0.3) is 0 Å². The minimum atomic E-state index is -0.520. The van der Waals surface area contributed by atoms with Crippen molar-refractivity contribution >= 4 is 11.8 Å². The maximum Gasteiger partial charge on any atom is 0.251 e. The highest BCUT2D eigenvalue weighted by molar-refractivity contribution is 5.81. The van der Waals surface area contributed by atoms with Crippen LogP contribution < -0.4 is 10.1 Å². The lowest BCUT2D eigenvalue weighted by Gasteiger charge is -2.41. The highest BCUT2D eigenvalue weighted by atomic mass is 16.5. The zero-order chi connectivity index (χ0) is 19.2. The van der Waals surface area contributed by atoms with Crippen molar-refractivity contribution in [3.63, 3.8) is 0 Å². The Morgan fingerprint density at radius 2 is 2.22 bits per heavy atom. The largest absolute Gasteiger partial charge is 0.497 e. The molecular formula is C20H29N3O4. The molecule has 2 fully saturated rings. The van der Waals surface area contributed by atoms with Crippen molar-refractivity contribution in [1.82, 2.24) is 15.1 Å². The second-order valence-electron chi connectivity index (χ2n) is 7.15. The molecule has 0 radical (unpaired) electrons. The van der Waals surface area contributed by atoms with Gasteiger partial charge in [-0.15, -0.1) is 0 Å². The van der Waals surface area contributed by atoms with Crippen molar-refractivity contribution in [2.45, 2.75) is 38.5 Å². The molecule has 1 aromatic carbocycles. The molecular weight excluding hydrogens is 346 g/mol. The van der Waals surface area contributed by atoms with Crippen LogP contribution in [0.3, 0.4) is 0 Å². The maximum absolute atomic E-state index is 12.8. The normalized spacial score (nSPS) is 21.9. The number of likely N-dealkylation sites (tertiary alicyclic amines) is 1. The summed E-state index contributed by atoms with van der Waals surface area (Å²) in [5, 5.41) is 3.10. The summed E-state index contributed by atoms with van der Waals surface area (Å²) in [6.07, 6.45) is 1.35. The Labute approximate surface area is 160 Å². The third-order valence-corrected chi connectivity index (χ3v) is 5.26. The SMILES string of the molecule is COc1cccc(COC(C)C(=O)N2CCCC(N3CCNCC3=O)C2)c1. The summed E-state index contributed by atoms with van der Waals surface area (Å²) in [4.78, 5) is 28.7. The molecule has 0 saturated carbocycles. The standard InChI is InChI=1S/C20H29N3O4/c1-15(27-14-16-5-3-7-18(11-16)26-2)20(25)22-9-4-6-17(13-22)23-10-8-21-12-19(23)24/h3,5,7,11,15,17,21H,4,6,8-10,12-14H2,1-2H3. The quantitative estimate of drug-likeness (QED) is 0.804. The Hall–Kier alpha value is -2.12. The summed E-state index contributed by atoms with van der Waals surface area (Å²) in [5.41, 5.74) is 0.969. The van der Waals surface area contributed by atoms with Crippen LogP contribution in [-0.2, 0) is 20.9 Å². The lowest BCUT2D eigenvalue weighted by Crippen LogP contribution is -2.58. The van der Waals surface area contributed by atoms with Gasteiger partial charge in [-0.2, -0.15) is 0 Å². The average molecular weight is 375 g/mol. The van der Waals surface area contributed by atoms with Gasteiger partial charge in [0.15, 0.2) is 0 Å². The minimum Gasteiger partial charge on any atom is -0.497 e. The number of carbonyl (C=O) groups excluding carboxylic acids is 2. The van der Waals surface area contributed by atoms with Gasteiger partial charge in [0.2, 0.25) is 5.91 Å². The van der Waals surface area contributed by atoms with E-state index in [-0.39, 0.29) is 17.9 Å². The van der Waals surface area contributed by atoms with Crippen LogP contribution in [0.2, 0.25) is 0 Å². The van der Waals surface area contributed by atoms with E-state index in [1.54, 1.807) is 14.0 Å². The second kappa shape index (κ2) is 9.19. The highest BCUT2D eigenvalue weighted by Crippen LogP contribution is 2.19. The molecule has 27 heavy (non-hydrogen) atoms. The number of carbonyl (C=O) groups is 2. The van der Waals surface area contributed by atoms with Crippen molar-refractivity contribution in [2.75, 3.05) is 39.8 Å². The summed E-state index contributed by atoms with van der Waals surface area (Å²) in [7, 11) is 1.63. The van der Waals surface area contributed by atoms with E-state index < -0.39 is 6.10 Å². The molecule has 2 heterocycles. The van der Waals surface area contributed by atoms with E-state index in [2.05, 4.69) is 5.32 Å². The minimum absolute atomic E-state index is 0.00909. The molecule has 3 rings (SSSR count). The van der Waals surface area contributed by atoms with E-state index in [4.69, 9.17) is 9.47 Å². The molecule has 7 heteroatoms. The molecule has 0 aliphatic carbocycles. The van der Waals surface area contributed by atoms with Gasteiger partial charge in [-0.05, 0) is 37.5 Å². The van der Waals surface area contributed by atoms with Gasteiger partial charge in [-0.1, -0.05) is 12.1 Å². The molecule has 2 unspecified atom stereocenters. The van der Waals surface area contributed by atoms with Crippen LogP contribution in [0.5, 0.6) is 5.75 Å². The van der Waals surface area contributed by atoms with E-state index >= 15 is 0 Å². The number of piperidine rings is 1. The maximum atomic E-state index is 12.8. The van der Waals surface area contributed by atoms with Crippen molar-refractivity contribution in [3.05, 3.63) is 29.8 Å². The predicted molar refractivity (Wildman–Crippen MR) is 101 cm³/mol. The van der Waals surface area contributed by atoms with Gasteiger partial charge in [0.25, 0.3) is 5.91 Å². The van der Waals surface area contributed by atoms with Crippen LogP contribution in [0, 0.1) is 0 Å². The average Bonchev–Trinajstić information content (AvgIpc) is 2.72. The van der Waals surface area contributed by atoms with E-state index in [9.17, 15) is 9.59 Å². The number of nitrogens with zero attached hydrogens (tertiary/aromatic N) is 2. The number of methoxy groups -OCH3 is 1. The molecule has 7 nitrogen and oxygen atoms in total. The first kappa shape index (κ1) is 19.6. The van der Waals surface area contributed by atoms with Crippen LogP contribution in [0.15, 0.2) is 24.3 Å². The topological polar surface area (TPSA) is 71.1 Å². The number of hydrogen-bond donors (Lipinski definition) is 1. The summed E-state index contributed by atoms with van der Waals surface area (Å²) < 4.78 is 11.0. The van der Waals surface area contributed by atoms with Crippen LogP contribution >= 0.6 is 0 Å². The molecule has 1 N–H and O–H groups in total. The van der Waals surface area contributed by atoms with Crippen molar-refractivity contribution < 1.29 is 19.1 Å². The summed E-state index contributed by atoms with van der Waals surface area (Å²) in [6, 6.07) is 7.76. The van der Waals surface area contributed by atoms with Gasteiger partial charge in [0.1, 0.15) is 11.9 Å². The van der Waals surface area contributed by atoms with Crippen molar-refractivity contribution in [1.29, 1.82) is 0 Å². The highest BCUT2D eigenvalue weighted by Gasteiger charge is 2.33. The monoisotopic (exact) mass is 375 g/mol. The molecule has 2 amide bonds. The lowest BCUT2D eigenvalue weighted by atomic mass is 10.0. The van der Waals surface area contributed by atoms with Crippen molar-refractivity contribution in [3.8, 4) is 5.75 Å². The summed E-state index contributed by atoms with van der Waals surface area (Å²) in [5.74, 6) is 0.891. The zero-order valence-electron chi connectivity index (χ0n) is 16.1. The van der Waals surface area contributed by atoms with Gasteiger partial charge in [0.05, 0.1) is 20.3 Å². The number of nitrogens with one attached hydrogen (secondary N) is 1. The van der Waals surface area contributed by atoms with Gasteiger partial charge in [0, 0.05) is 32.2 Å². The number of ether oxygens (including phenoxy) is 2. The van der Waals surface area contributed by atoms with E-state index in [1.807, 2.05) is 34.1 Å². The molecule has 0 spiro atoms. The fraction of sp³-hybridized carbons (Fsp3) is 0.600. The molecule has 2 aliphatic rings. The number of hydrogen-bond acceptors (Lipinski definition) is 5. The van der Waals surface area contributed by atoms with Gasteiger partial charge in [-0.3, -0.25) is 9.59 Å². The van der Waals surface area contributed by atoms with Crippen molar-refractivity contribution in [2.24, 2.45) is 0 Å². The van der Waals surface area contributed by atoms with Crippen LogP contribution in [-0.4, -0.2) is 73.6 Å². The Balaban J connectivity index is 1.53. The lowest BCUT2D eigenvalue weighted by molar-refractivity contribution is -0.148. The second-order valence-corrected chi connectivity index (χ2v) is 7.15. The molecule has 2 aliphatic heterocycles. The molecule has 2 saturated heterocycles. The Kier molecular flexibility index (Phi) is 6.68. The Bertz CT molecular complexity index is 666. The third kappa shape index (κ3) is 4.99. The molecule has 0 bridgehead atoms. The fourth-order valence-corrected chi connectivity index (χ4v) is 3.73. The number of rotatable bonds is 6. The van der Waals surface area contributed by atoms with E-state index in [0.29, 0.717) is 26.2 Å². The number of benzene rings is 1. The smallest absolute Gasteiger partial charge is 0.251 e. The number of piperazine rings is 1. The van der Waals surface area contributed by atoms with E-state index in [0.717, 1.165) is 37.2 Å². The number of amides is 2. The van der Waals surface area contributed by atoms with E-state index in [1.165, 1.54) is 0 Å². The first-order valence-corrected chi connectivity index (χ1v) is 9.62. The fourth-order valence-electron chi connectivity index (χ4n) is 3.73. The molecule has 1 aromatic rings. The third-order valence-electron chi connectivity index (χ3n) is 5.26. The molecule has 2 atom stereocenters.